The Bertz CT molecular complexity index is 559. The van der Waals surface area contributed by atoms with Gasteiger partial charge in [0.2, 0.25) is 0 Å². The second-order valence-corrected chi connectivity index (χ2v) is 4.73. The van der Waals surface area contributed by atoms with Crippen molar-refractivity contribution >= 4 is 10.8 Å². The van der Waals surface area contributed by atoms with Gasteiger partial charge in [-0.2, -0.15) is 5.26 Å². The molecule has 0 fully saturated rings. The van der Waals surface area contributed by atoms with Crippen molar-refractivity contribution in [1.82, 2.24) is 5.32 Å². The molecule has 0 aliphatic heterocycles. The number of nitrogens with one attached hydrogen (secondary N) is 1. The molecule has 0 radical (unpaired) electrons. The Hall–Kier alpha value is -1.85. The topological polar surface area (TPSA) is 35.8 Å². The Balaban J connectivity index is 2.28. The van der Waals surface area contributed by atoms with Gasteiger partial charge in [-0.05, 0) is 30.2 Å². The SMILES string of the molecule is CC(C)(C#N)NCc1cccc2ccccc12. The van der Waals surface area contributed by atoms with Crippen molar-refractivity contribution in [1.29, 1.82) is 5.26 Å². The quantitative estimate of drug-likeness (QED) is 0.868. The minimum Gasteiger partial charge on any atom is -0.296 e. The average molecular weight is 224 g/mol. The maximum atomic E-state index is 8.97. The number of rotatable bonds is 3. The van der Waals surface area contributed by atoms with Crippen LogP contribution in [0.15, 0.2) is 42.5 Å². The van der Waals surface area contributed by atoms with Gasteiger partial charge in [-0.15, -0.1) is 0 Å². The van der Waals surface area contributed by atoms with Gasteiger partial charge in [0.25, 0.3) is 0 Å². The number of fused-ring (bicyclic) bond motifs is 1. The number of nitriles is 1. The minimum atomic E-state index is -0.489. The fourth-order valence-corrected chi connectivity index (χ4v) is 1.80. The van der Waals surface area contributed by atoms with Crippen LogP contribution in [0.5, 0.6) is 0 Å². The maximum Gasteiger partial charge on any atom is 0.101 e. The lowest BCUT2D eigenvalue weighted by Crippen LogP contribution is -2.36. The molecule has 2 nitrogen and oxygen atoms in total. The van der Waals surface area contributed by atoms with Gasteiger partial charge in [0.05, 0.1) is 6.07 Å². The molecule has 0 bridgehead atoms. The van der Waals surface area contributed by atoms with Crippen LogP contribution < -0.4 is 5.32 Å². The zero-order valence-corrected chi connectivity index (χ0v) is 10.2. The van der Waals surface area contributed by atoms with Crippen LogP contribution in [-0.2, 0) is 6.54 Å². The molecule has 2 rings (SSSR count). The molecule has 0 heterocycles. The summed E-state index contributed by atoms with van der Waals surface area (Å²) in [6, 6.07) is 16.8. The van der Waals surface area contributed by atoms with Crippen molar-refractivity contribution < 1.29 is 0 Å². The molecule has 0 atom stereocenters. The first-order valence-electron chi connectivity index (χ1n) is 5.75. The van der Waals surface area contributed by atoms with E-state index in [9.17, 15) is 0 Å². The monoisotopic (exact) mass is 224 g/mol. The highest BCUT2D eigenvalue weighted by Crippen LogP contribution is 2.18. The standard InChI is InChI=1S/C15H16N2/c1-15(2,11-16)17-10-13-8-5-7-12-6-3-4-9-14(12)13/h3-9,17H,10H2,1-2H3. The van der Waals surface area contributed by atoms with E-state index < -0.39 is 5.54 Å². The molecule has 2 aromatic carbocycles. The number of nitrogens with zero attached hydrogens (tertiary/aromatic N) is 1. The maximum absolute atomic E-state index is 8.97. The molecule has 0 spiro atoms. The van der Waals surface area contributed by atoms with Gasteiger partial charge in [0.15, 0.2) is 0 Å². The van der Waals surface area contributed by atoms with Gasteiger partial charge in [0.1, 0.15) is 5.54 Å². The van der Waals surface area contributed by atoms with E-state index >= 15 is 0 Å². The second kappa shape index (κ2) is 4.57. The van der Waals surface area contributed by atoms with Crippen LogP contribution in [0, 0.1) is 11.3 Å². The Morgan fingerprint density at radius 3 is 2.59 bits per heavy atom. The van der Waals surface area contributed by atoms with Crippen LogP contribution in [0.25, 0.3) is 10.8 Å². The summed E-state index contributed by atoms with van der Waals surface area (Å²) in [4.78, 5) is 0. The number of benzene rings is 2. The Kier molecular flexibility index (Phi) is 3.12. The smallest absolute Gasteiger partial charge is 0.101 e. The molecule has 2 heteroatoms. The summed E-state index contributed by atoms with van der Waals surface area (Å²) in [5, 5.41) is 14.7. The highest BCUT2D eigenvalue weighted by atomic mass is 14.9. The van der Waals surface area contributed by atoms with Crippen molar-refractivity contribution in [3.63, 3.8) is 0 Å². The molecule has 0 aliphatic rings. The average Bonchev–Trinajstić information content (AvgIpc) is 2.36. The Morgan fingerprint density at radius 2 is 1.82 bits per heavy atom. The fourth-order valence-electron chi connectivity index (χ4n) is 1.80. The van der Waals surface area contributed by atoms with Crippen LogP contribution in [0.3, 0.4) is 0 Å². The third-order valence-electron chi connectivity index (χ3n) is 2.88. The van der Waals surface area contributed by atoms with Gasteiger partial charge in [0, 0.05) is 6.54 Å². The van der Waals surface area contributed by atoms with E-state index in [1.54, 1.807) is 0 Å². The molecule has 0 saturated carbocycles. The first kappa shape index (κ1) is 11.6. The molecular weight excluding hydrogens is 208 g/mol. The third-order valence-corrected chi connectivity index (χ3v) is 2.88. The minimum absolute atomic E-state index is 0.489. The first-order chi connectivity index (χ1) is 8.12. The fraction of sp³-hybridized carbons (Fsp3) is 0.267. The summed E-state index contributed by atoms with van der Waals surface area (Å²) < 4.78 is 0. The summed E-state index contributed by atoms with van der Waals surface area (Å²) in [5.74, 6) is 0. The lowest BCUT2D eigenvalue weighted by atomic mass is 10.0. The molecule has 0 saturated heterocycles. The lowest BCUT2D eigenvalue weighted by Gasteiger charge is -2.18. The Labute approximate surface area is 102 Å². The van der Waals surface area contributed by atoms with E-state index in [0.717, 1.165) is 0 Å². The molecule has 2 aromatic rings. The van der Waals surface area contributed by atoms with Gasteiger partial charge in [-0.3, -0.25) is 5.32 Å². The summed E-state index contributed by atoms with van der Waals surface area (Å²) in [5.41, 5.74) is 0.739. The van der Waals surface area contributed by atoms with Crippen molar-refractivity contribution in [2.24, 2.45) is 0 Å². The van der Waals surface area contributed by atoms with Crippen molar-refractivity contribution in [3.8, 4) is 6.07 Å². The van der Waals surface area contributed by atoms with E-state index in [0.29, 0.717) is 6.54 Å². The molecule has 0 unspecified atom stereocenters. The predicted octanol–water partition coefficient (Wildman–Crippen LogP) is 3.23. The van der Waals surface area contributed by atoms with E-state index in [1.807, 2.05) is 26.0 Å². The zero-order valence-electron chi connectivity index (χ0n) is 10.2. The highest BCUT2D eigenvalue weighted by Gasteiger charge is 2.15. The lowest BCUT2D eigenvalue weighted by molar-refractivity contribution is 0.486. The second-order valence-electron chi connectivity index (χ2n) is 4.73. The predicted molar refractivity (Wildman–Crippen MR) is 70.5 cm³/mol. The zero-order chi connectivity index (χ0) is 12.3. The molecule has 0 aliphatic carbocycles. The van der Waals surface area contributed by atoms with Crippen molar-refractivity contribution in [2.75, 3.05) is 0 Å². The van der Waals surface area contributed by atoms with E-state index in [4.69, 9.17) is 5.26 Å². The van der Waals surface area contributed by atoms with E-state index in [1.165, 1.54) is 16.3 Å². The third kappa shape index (κ3) is 2.64. The van der Waals surface area contributed by atoms with E-state index in [-0.39, 0.29) is 0 Å². The number of hydrogen-bond donors (Lipinski definition) is 1. The summed E-state index contributed by atoms with van der Waals surface area (Å²) in [6.07, 6.45) is 0. The largest absolute Gasteiger partial charge is 0.296 e. The summed E-state index contributed by atoms with van der Waals surface area (Å²) >= 11 is 0. The summed E-state index contributed by atoms with van der Waals surface area (Å²) in [7, 11) is 0. The molecule has 86 valence electrons. The van der Waals surface area contributed by atoms with Crippen LogP contribution in [0.4, 0.5) is 0 Å². The van der Waals surface area contributed by atoms with Crippen molar-refractivity contribution in [3.05, 3.63) is 48.0 Å². The molecule has 0 amide bonds. The molecule has 17 heavy (non-hydrogen) atoms. The van der Waals surface area contributed by atoms with Crippen LogP contribution in [-0.4, -0.2) is 5.54 Å². The van der Waals surface area contributed by atoms with Crippen molar-refractivity contribution in [2.45, 2.75) is 25.9 Å². The molecule has 0 aromatic heterocycles. The number of hydrogen-bond acceptors (Lipinski definition) is 2. The van der Waals surface area contributed by atoms with Crippen LogP contribution in [0.1, 0.15) is 19.4 Å². The normalized spacial score (nSPS) is 11.4. The van der Waals surface area contributed by atoms with Gasteiger partial charge < -0.3 is 0 Å². The first-order valence-corrected chi connectivity index (χ1v) is 5.75. The Morgan fingerprint density at radius 1 is 1.12 bits per heavy atom. The molecule has 1 N–H and O–H groups in total. The van der Waals surface area contributed by atoms with Gasteiger partial charge in [-0.1, -0.05) is 42.5 Å². The van der Waals surface area contributed by atoms with Gasteiger partial charge >= 0.3 is 0 Å². The highest BCUT2D eigenvalue weighted by molar-refractivity contribution is 5.85. The van der Waals surface area contributed by atoms with Crippen LogP contribution >= 0.6 is 0 Å². The summed E-state index contributed by atoms with van der Waals surface area (Å²) in [6.45, 7) is 4.48. The van der Waals surface area contributed by atoms with E-state index in [2.05, 4.69) is 41.7 Å². The van der Waals surface area contributed by atoms with Crippen LogP contribution in [0.2, 0.25) is 0 Å². The molecular formula is C15H16N2. The van der Waals surface area contributed by atoms with Gasteiger partial charge in [-0.25, -0.2) is 0 Å².